The fourth-order valence-electron chi connectivity index (χ4n) is 7.85. The number of nitrogens with one attached hydrogen (secondary N) is 1. The molecule has 8 heteroatoms. The Kier molecular flexibility index (Phi) is 8.12. The number of carbonyl (C=O) groups excluding carboxylic acids is 1. The zero-order valence-corrected chi connectivity index (χ0v) is 22.9. The lowest BCUT2D eigenvalue weighted by Gasteiger charge is -2.43. The van der Waals surface area contributed by atoms with E-state index in [1.807, 2.05) is 4.31 Å². The smallest absolute Gasteiger partial charge is 0.228 e. The van der Waals surface area contributed by atoms with Gasteiger partial charge in [0, 0.05) is 44.8 Å². The quantitative estimate of drug-likeness (QED) is 0.628. The zero-order valence-electron chi connectivity index (χ0n) is 22.0. The van der Waals surface area contributed by atoms with Crippen molar-refractivity contribution in [3.05, 3.63) is 0 Å². The number of hydrogen-bond acceptors (Lipinski definition) is 5. The first-order chi connectivity index (χ1) is 16.8. The third-order valence-electron chi connectivity index (χ3n) is 10.1. The lowest BCUT2D eigenvalue weighted by Crippen LogP contribution is -2.50. The number of piperidine rings is 2. The van der Waals surface area contributed by atoms with Gasteiger partial charge in [-0.15, -0.1) is 0 Å². The molecule has 0 radical (unpaired) electrons. The molecule has 4 saturated heterocycles. The van der Waals surface area contributed by atoms with E-state index in [4.69, 9.17) is 0 Å². The molecule has 0 aromatic rings. The molecule has 1 amide bonds. The first-order valence-electron chi connectivity index (χ1n) is 14.6. The first-order valence-corrected chi connectivity index (χ1v) is 16.2. The molecule has 1 saturated carbocycles. The Bertz CT molecular complexity index is 827. The second kappa shape index (κ2) is 11.0. The van der Waals surface area contributed by atoms with Crippen molar-refractivity contribution >= 4 is 15.9 Å². The highest BCUT2D eigenvalue weighted by atomic mass is 32.2. The van der Waals surface area contributed by atoms with Gasteiger partial charge in [0.05, 0.1) is 11.2 Å². The Labute approximate surface area is 213 Å². The summed E-state index contributed by atoms with van der Waals surface area (Å²) in [6, 6.07) is 0.477. The van der Waals surface area contributed by atoms with Crippen LogP contribution in [0.25, 0.3) is 0 Å². The summed E-state index contributed by atoms with van der Waals surface area (Å²) in [6.45, 7) is 8.65. The summed E-state index contributed by atoms with van der Waals surface area (Å²) in [5, 5.41) is 2.21. The van der Waals surface area contributed by atoms with Crippen LogP contribution < -0.4 is 5.43 Å². The number of carbonyl (C=O) groups is 1. The van der Waals surface area contributed by atoms with Crippen LogP contribution in [-0.2, 0) is 14.8 Å². The largest absolute Gasteiger partial charge is 0.342 e. The molecule has 4 atom stereocenters. The van der Waals surface area contributed by atoms with Crippen LogP contribution in [0.15, 0.2) is 0 Å². The van der Waals surface area contributed by atoms with Gasteiger partial charge in [0.2, 0.25) is 15.9 Å². The van der Waals surface area contributed by atoms with Crippen LogP contribution in [0.4, 0.5) is 0 Å². The molecule has 0 spiro atoms. The normalized spacial score (nSPS) is 38.7. The van der Waals surface area contributed by atoms with Crippen LogP contribution in [0, 0.1) is 23.7 Å². The summed E-state index contributed by atoms with van der Waals surface area (Å²) < 4.78 is 28.4. The van der Waals surface area contributed by atoms with E-state index in [9.17, 15) is 13.2 Å². The standard InChI is InChI=1S/C27H48N4O3S/c1-20-7-9-24(10-8-20)35(33,34)30-16-11-22(12-17-30)23-13-18-31-25(19-23)26(21(2)28-31)27(32)29-14-5-3-4-6-15-29/h20-26,28H,3-19H2,1-2H3. The van der Waals surface area contributed by atoms with Gasteiger partial charge in [-0.1, -0.05) is 19.8 Å². The third-order valence-corrected chi connectivity index (χ3v) is 12.5. The fraction of sp³-hybridized carbons (Fsp3) is 0.963. The van der Waals surface area contributed by atoms with Crippen molar-refractivity contribution < 1.29 is 13.2 Å². The van der Waals surface area contributed by atoms with Crippen molar-refractivity contribution in [3.8, 4) is 0 Å². The van der Waals surface area contributed by atoms with Gasteiger partial charge < -0.3 is 4.90 Å². The van der Waals surface area contributed by atoms with Crippen LogP contribution >= 0.6 is 0 Å². The highest BCUT2D eigenvalue weighted by Crippen LogP contribution is 2.41. The van der Waals surface area contributed by atoms with E-state index in [2.05, 4.69) is 29.2 Å². The number of nitrogens with zero attached hydrogens (tertiary/aromatic N) is 3. The van der Waals surface area contributed by atoms with E-state index in [-0.39, 0.29) is 23.3 Å². The van der Waals surface area contributed by atoms with Crippen LogP contribution in [0.2, 0.25) is 0 Å². The average molecular weight is 509 g/mol. The van der Waals surface area contributed by atoms with Crippen molar-refractivity contribution in [1.29, 1.82) is 0 Å². The molecule has 1 aliphatic carbocycles. The molecule has 35 heavy (non-hydrogen) atoms. The van der Waals surface area contributed by atoms with Gasteiger partial charge in [-0.05, 0) is 88.9 Å². The maximum absolute atomic E-state index is 13.6. The highest BCUT2D eigenvalue weighted by molar-refractivity contribution is 7.89. The summed E-state index contributed by atoms with van der Waals surface area (Å²) in [5.41, 5.74) is 3.63. The van der Waals surface area contributed by atoms with Crippen molar-refractivity contribution in [3.63, 3.8) is 0 Å². The molecule has 0 aromatic carbocycles. The van der Waals surface area contributed by atoms with Gasteiger partial charge in [-0.2, -0.15) is 0 Å². The highest BCUT2D eigenvalue weighted by Gasteiger charge is 2.49. The molecule has 4 unspecified atom stereocenters. The molecule has 0 bridgehead atoms. The minimum Gasteiger partial charge on any atom is -0.342 e. The second-order valence-electron chi connectivity index (χ2n) is 12.4. The molecule has 7 nitrogen and oxygen atoms in total. The van der Waals surface area contributed by atoms with Gasteiger partial charge >= 0.3 is 0 Å². The molecular formula is C27H48N4O3S. The number of hydrogen-bond donors (Lipinski definition) is 1. The maximum atomic E-state index is 13.6. The predicted octanol–water partition coefficient (Wildman–Crippen LogP) is 3.61. The molecule has 5 fully saturated rings. The van der Waals surface area contributed by atoms with Crippen molar-refractivity contribution in [2.45, 2.75) is 108 Å². The van der Waals surface area contributed by atoms with E-state index in [0.717, 1.165) is 83.8 Å². The summed E-state index contributed by atoms with van der Waals surface area (Å²) >= 11 is 0. The van der Waals surface area contributed by atoms with E-state index in [0.29, 0.717) is 36.8 Å². The topological polar surface area (TPSA) is 73.0 Å². The number of likely N-dealkylation sites (tertiary alicyclic amines) is 1. The molecule has 0 aromatic heterocycles. The predicted molar refractivity (Wildman–Crippen MR) is 139 cm³/mol. The van der Waals surface area contributed by atoms with Crippen LogP contribution in [0.3, 0.4) is 0 Å². The van der Waals surface area contributed by atoms with Crippen LogP contribution in [0.5, 0.6) is 0 Å². The lowest BCUT2D eigenvalue weighted by molar-refractivity contribution is -0.137. The van der Waals surface area contributed by atoms with Gasteiger partial charge in [-0.25, -0.2) is 17.7 Å². The van der Waals surface area contributed by atoms with E-state index < -0.39 is 10.0 Å². The molecular weight excluding hydrogens is 460 g/mol. The first kappa shape index (κ1) is 25.9. The van der Waals surface area contributed by atoms with Crippen LogP contribution in [-0.4, -0.2) is 78.6 Å². The Morgan fingerprint density at radius 3 is 2.06 bits per heavy atom. The Hall–Kier alpha value is -0.700. The Balaban J connectivity index is 1.18. The van der Waals surface area contributed by atoms with Gasteiger partial charge in [0.1, 0.15) is 0 Å². The minimum atomic E-state index is -3.15. The Morgan fingerprint density at radius 2 is 1.40 bits per heavy atom. The van der Waals surface area contributed by atoms with Crippen molar-refractivity contribution in [1.82, 2.24) is 19.6 Å². The Morgan fingerprint density at radius 1 is 0.771 bits per heavy atom. The second-order valence-corrected chi connectivity index (χ2v) is 14.6. The number of amides is 1. The molecule has 5 rings (SSSR count). The van der Waals surface area contributed by atoms with Gasteiger partial charge in [0.15, 0.2) is 0 Å². The van der Waals surface area contributed by atoms with E-state index in [1.54, 1.807) is 0 Å². The SMILES string of the molecule is CC1CCC(S(=O)(=O)N2CCC(C3CCN4NC(C)C(C(=O)N5CCCCCC5)C4C3)CC2)CC1. The number of sulfonamides is 1. The van der Waals surface area contributed by atoms with Crippen molar-refractivity contribution in [2.24, 2.45) is 23.7 Å². The molecule has 4 aliphatic heterocycles. The van der Waals surface area contributed by atoms with Crippen LogP contribution in [0.1, 0.15) is 90.9 Å². The van der Waals surface area contributed by atoms with Gasteiger partial charge in [-0.3, -0.25) is 10.2 Å². The van der Waals surface area contributed by atoms with E-state index in [1.165, 1.54) is 12.8 Å². The molecule has 1 N–H and O–H groups in total. The third kappa shape index (κ3) is 5.46. The monoisotopic (exact) mass is 508 g/mol. The molecule has 5 aliphatic rings. The number of rotatable bonds is 4. The summed E-state index contributed by atoms with van der Waals surface area (Å²) in [5.74, 6) is 2.26. The van der Waals surface area contributed by atoms with E-state index >= 15 is 0 Å². The van der Waals surface area contributed by atoms with Gasteiger partial charge in [0.25, 0.3) is 0 Å². The summed E-state index contributed by atoms with van der Waals surface area (Å²) in [4.78, 5) is 15.8. The fourth-order valence-corrected chi connectivity index (χ4v) is 9.86. The zero-order chi connectivity index (χ0) is 24.6. The molecule has 4 heterocycles. The summed E-state index contributed by atoms with van der Waals surface area (Å²) in [6.07, 6.45) is 12.7. The maximum Gasteiger partial charge on any atom is 0.228 e. The molecule has 200 valence electrons. The number of fused-ring (bicyclic) bond motifs is 1. The minimum absolute atomic E-state index is 0.0464. The number of hydrazine groups is 1. The lowest BCUT2D eigenvalue weighted by atomic mass is 9.74. The summed E-state index contributed by atoms with van der Waals surface area (Å²) in [7, 11) is -3.15. The average Bonchev–Trinajstić information content (AvgIpc) is 3.01. The van der Waals surface area contributed by atoms with Crippen molar-refractivity contribution in [2.75, 3.05) is 32.7 Å².